The molecule has 2 N–H and O–H groups in total. The van der Waals surface area contributed by atoms with Crippen molar-refractivity contribution in [2.45, 2.75) is 44.7 Å². The van der Waals surface area contributed by atoms with Gasteiger partial charge in [-0.25, -0.2) is 4.79 Å². The summed E-state index contributed by atoms with van der Waals surface area (Å²) in [6, 6.07) is -0.0949. The Bertz CT molecular complexity index is 331. The number of carboxylic acid groups (broad SMARTS) is 1. The lowest BCUT2D eigenvalue weighted by Gasteiger charge is -2.24. The first-order valence-corrected chi connectivity index (χ1v) is 5.77. The second kappa shape index (κ2) is 6.14. The van der Waals surface area contributed by atoms with Crippen molar-refractivity contribution in [3.63, 3.8) is 0 Å². The first kappa shape index (κ1) is 13.4. The van der Waals surface area contributed by atoms with Gasteiger partial charge in [-0.15, -0.1) is 12.3 Å². The highest BCUT2D eigenvalue weighted by Crippen LogP contribution is 2.27. The van der Waals surface area contributed by atoms with E-state index in [1.54, 1.807) is 4.90 Å². The van der Waals surface area contributed by atoms with Crippen LogP contribution in [0.4, 0.5) is 4.79 Å². The normalized spacial score (nSPS) is 15.8. The van der Waals surface area contributed by atoms with Crippen LogP contribution in [-0.4, -0.2) is 40.6 Å². The Kier molecular flexibility index (Phi) is 4.83. The van der Waals surface area contributed by atoms with E-state index in [1.807, 2.05) is 6.92 Å². The third-order valence-corrected chi connectivity index (χ3v) is 2.61. The van der Waals surface area contributed by atoms with Crippen LogP contribution in [-0.2, 0) is 4.79 Å². The predicted octanol–water partition coefficient (Wildman–Crippen LogP) is 1.05. The number of hydrogen-bond acceptors (Lipinski definition) is 2. The van der Waals surface area contributed by atoms with Gasteiger partial charge in [0, 0.05) is 25.0 Å². The first-order valence-electron chi connectivity index (χ1n) is 5.77. The Morgan fingerprint density at radius 3 is 2.71 bits per heavy atom. The lowest BCUT2D eigenvalue weighted by molar-refractivity contribution is -0.137. The number of nitrogens with one attached hydrogen (secondary N) is 1. The Hall–Kier alpha value is -1.70. The smallest absolute Gasteiger partial charge is 0.317 e. The molecule has 0 aliphatic heterocycles. The van der Waals surface area contributed by atoms with E-state index in [9.17, 15) is 9.59 Å². The zero-order chi connectivity index (χ0) is 12.8. The Morgan fingerprint density at radius 1 is 1.59 bits per heavy atom. The number of aliphatic carboxylic acids is 1. The second-order valence-electron chi connectivity index (χ2n) is 4.33. The molecule has 2 amide bonds. The molecule has 1 aliphatic carbocycles. The molecule has 5 nitrogen and oxygen atoms in total. The van der Waals surface area contributed by atoms with Crippen molar-refractivity contribution in [3.8, 4) is 12.3 Å². The molecule has 94 valence electrons. The largest absolute Gasteiger partial charge is 0.481 e. The van der Waals surface area contributed by atoms with Gasteiger partial charge >= 0.3 is 12.0 Å². The molecule has 1 aliphatic rings. The molecule has 0 aromatic heterocycles. The average molecular weight is 238 g/mol. The van der Waals surface area contributed by atoms with Crippen molar-refractivity contribution in [1.29, 1.82) is 0 Å². The number of amides is 2. The molecule has 0 aromatic carbocycles. The number of carboxylic acids is 1. The highest BCUT2D eigenvalue weighted by molar-refractivity contribution is 5.76. The molecule has 1 fully saturated rings. The lowest BCUT2D eigenvalue weighted by atomic mass is 10.2. The highest BCUT2D eigenvalue weighted by atomic mass is 16.4. The number of nitrogens with zero attached hydrogens (tertiary/aromatic N) is 1. The van der Waals surface area contributed by atoms with Crippen LogP contribution in [0.15, 0.2) is 0 Å². The number of carbonyl (C=O) groups is 2. The summed E-state index contributed by atoms with van der Waals surface area (Å²) in [7, 11) is 0. The van der Waals surface area contributed by atoms with Crippen LogP contribution in [0.1, 0.15) is 32.6 Å². The van der Waals surface area contributed by atoms with E-state index in [1.165, 1.54) is 0 Å². The molecule has 0 radical (unpaired) electrons. The zero-order valence-corrected chi connectivity index (χ0v) is 9.98. The monoisotopic (exact) mass is 238 g/mol. The number of urea groups is 1. The zero-order valence-electron chi connectivity index (χ0n) is 9.98. The van der Waals surface area contributed by atoms with Crippen molar-refractivity contribution in [2.24, 2.45) is 0 Å². The minimum Gasteiger partial charge on any atom is -0.481 e. The molecule has 0 bridgehead atoms. The maximum Gasteiger partial charge on any atom is 0.317 e. The summed E-state index contributed by atoms with van der Waals surface area (Å²) in [4.78, 5) is 24.0. The first-order chi connectivity index (χ1) is 8.04. The van der Waals surface area contributed by atoms with Crippen molar-refractivity contribution in [1.82, 2.24) is 10.2 Å². The maximum atomic E-state index is 11.9. The fourth-order valence-electron chi connectivity index (χ4n) is 1.57. The number of hydrogen-bond donors (Lipinski definition) is 2. The van der Waals surface area contributed by atoms with Gasteiger partial charge in [0.2, 0.25) is 0 Å². The van der Waals surface area contributed by atoms with Crippen LogP contribution in [0.3, 0.4) is 0 Å². The van der Waals surface area contributed by atoms with E-state index in [4.69, 9.17) is 11.5 Å². The standard InChI is InChI=1S/C12H18N2O3/c1-3-4-9(2)13-12(17)14(10-5-6-10)8-7-11(15)16/h1,9-10H,4-8H2,2H3,(H,13,17)(H,15,16). The molecule has 0 spiro atoms. The van der Waals surface area contributed by atoms with Crippen molar-refractivity contribution in [3.05, 3.63) is 0 Å². The average Bonchev–Trinajstić information content (AvgIpc) is 3.01. The molecule has 1 rings (SSSR count). The van der Waals surface area contributed by atoms with Crippen molar-refractivity contribution >= 4 is 12.0 Å². The lowest BCUT2D eigenvalue weighted by Crippen LogP contribution is -2.45. The van der Waals surface area contributed by atoms with Crippen LogP contribution >= 0.6 is 0 Å². The van der Waals surface area contributed by atoms with Gasteiger partial charge < -0.3 is 15.3 Å². The molecular weight excluding hydrogens is 220 g/mol. The SMILES string of the molecule is C#CCC(C)NC(=O)N(CCC(=O)O)C1CC1. The van der Waals surface area contributed by atoms with E-state index >= 15 is 0 Å². The minimum atomic E-state index is -0.889. The molecule has 1 saturated carbocycles. The van der Waals surface area contributed by atoms with Gasteiger partial charge in [-0.2, -0.15) is 0 Å². The third-order valence-electron chi connectivity index (χ3n) is 2.61. The van der Waals surface area contributed by atoms with Crippen molar-refractivity contribution < 1.29 is 14.7 Å². The van der Waals surface area contributed by atoms with Crippen LogP contribution in [0.25, 0.3) is 0 Å². The predicted molar refractivity (Wildman–Crippen MR) is 63.4 cm³/mol. The quantitative estimate of drug-likeness (QED) is 0.679. The molecular formula is C12H18N2O3. The van der Waals surface area contributed by atoms with Crippen LogP contribution in [0.2, 0.25) is 0 Å². The van der Waals surface area contributed by atoms with E-state index in [0.717, 1.165) is 12.8 Å². The van der Waals surface area contributed by atoms with Gasteiger partial charge in [-0.05, 0) is 19.8 Å². The molecule has 1 unspecified atom stereocenters. The summed E-state index contributed by atoms with van der Waals surface area (Å²) in [5.74, 6) is 1.59. The summed E-state index contributed by atoms with van der Waals surface area (Å²) in [5, 5.41) is 11.4. The topological polar surface area (TPSA) is 69.6 Å². The van der Waals surface area contributed by atoms with E-state index < -0.39 is 5.97 Å². The van der Waals surface area contributed by atoms with Crippen LogP contribution < -0.4 is 5.32 Å². The Labute approximate surface area is 101 Å². The molecule has 5 heteroatoms. The molecule has 0 heterocycles. The summed E-state index contributed by atoms with van der Waals surface area (Å²) >= 11 is 0. The van der Waals surface area contributed by atoms with E-state index in [-0.39, 0.29) is 31.1 Å². The van der Waals surface area contributed by atoms with Gasteiger partial charge in [-0.1, -0.05) is 0 Å². The Balaban J connectivity index is 2.43. The van der Waals surface area contributed by atoms with Crippen molar-refractivity contribution in [2.75, 3.05) is 6.54 Å². The summed E-state index contributed by atoms with van der Waals surface area (Å²) < 4.78 is 0. The highest BCUT2D eigenvalue weighted by Gasteiger charge is 2.32. The van der Waals surface area contributed by atoms with Gasteiger partial charge in [0.1, 0.15) is 0 Å². The summed E-state index contributed by atoms with van der Waals surface area (Å²) in [5.41, 5.74) is 0. The van der Waals surface area contributed by atoms with Gasteiger partial charge in [0.25, 0.3) is 0 Å². The molecule has 1 atom stereocenters. The van der Waals surface area contributed by atoms with Crippen LogP contribution in [0.5, 0.6) is 0 Å². The second-order valence-corrected chi connectivity index (χ2v) is 4.33. The summed E-state index contributed by atoms with van der Waals surface area (Å²) in [6.45, 7) is 2.09. The maximum absolute atomic E-state index is 11.9. The van der Waals surface area contributed by atoms with Crippen LogP contribution in [0, 0.1) is 12.3 Å². The van der Waals surface area contributed by atoms with Gasteiger partial charge in [-0.3, -0.25) is 4.79 Å². The van der Waals surface area contributed by atoms with Gasteiger partial charge in [0.15, 0.2) is 0 Å². The van der Waals surface area contributed by atoms with E-state index in [2.05, 4.69) is 11.2 Å². The Morgan fingerprint density at radius 2 is 2.24 bits per heavy atom. The fourth-order valence-corrected chi connectivity index (χ4v) is 1.57. The molecule has 17 heavy (non-hydrogen) atoms. The molecule has 0 saturated heterocycles. The fraction of sp³-hybridized carbons (Fsp3) is 0.667. The minimum absolute atomic E-state index is 0.0204. The number of terminal acetylenes is 1. The summed E-state index contributed by atoms with van der Waals surface area (Å²) in [6.07, 6.45) is 7.52. The van der Waals surface area contributed by atoms with E-state index in [0.29, 0.717) is 6.42 Å². The molecule has 0 aromatic rings. The number of carbonyl (C=O) groups excluding carboxylic acids is 1. The number of rotatable bonds is 6. The third kappa shape index (κ3) is 4.77. The van der Waals surface area contributed by atoms with Gasteiger partial charge in [0.05, 0.1) is 6.42 Å².